The molecule has 0 fully saturated rings. The number of nitrogens with zero attached hydrogens (tertiary/aromatic N) is 5. The molecule has 0 aliphatic heterocycles. The molecule has 3 heterocycles. The van der Waals surface area contributed by atoms with Crippen LogP contribution in [-0.2, 0) is 11.2 Å². The molecule has 4 aromatic rings. The van der Waals surface area contributed by atoms with Crippen LogP contribution in [-0.4, -0.2) is 43.3 Å². The van der Waals surface area contributed by atoms with E-state index in [1.165, 1.54) is 29.4 Å². The zero-order chi connectivity index (χ0) is 20.9. The Bertz CT molecular complexity index is 1170. The van der Waals surface area contributed by atoms with Crippen molar-refractivity contribution in [2.24, 2.45) is 0 Å². The summed E-state index contributed by atoms with van der Waals surface area (Å²) >= 11 is 2.66. The molecule has 0 radical (unpaired) electrons. The number of carbonyl (C=O) groups excluding carboxylic acids is 2. The second-order valence-corrected chi connectivity index (χ2v) is 7.56. The van der Waals surface area contributed by atoms with Crippen molar-refractivity contribution in [1.29, 1.82) is 0 Å². The standard InChI is InChI=1S/C18H15N7O3S2/c1-29-18-22-23-24-25(18)13-5-2-4-11(8-13)19-15(26)9-12-10-30-17(20-12)21-16(27)14-6-3-7-28-14/h2-8,10H,9H2,1H3,(H,19,26)(H,20,21,27). The third-order valence-electron chi connectivity index (χ3n) is 3.86. The number of carbonyl (C=O) groups is 2. The van der Waals surface area contributed by atoms with Crippen molar-refractivity contribution in [1.82, 2.24) is 25.2 Å². The third kappa shape index (κ3) is 4.55. The summed E-state index contributed by atoms with van der Waals surface area (Å²) in [4.78, 5) is 28.7. The Morgan fingerprint density at radius 3 is 2.93 bits per heavy atom. The molecule has 4 rings (SSSR count). The highest BCUT2D eigenvalue weighted by Gasteiger charge is 2.13. The Kier molecular flexibility index (Phi) is 5.86. The fraction of sp³-hybridized carbons (Fsp3) is 0.111. The Hall–Kier alpha value is -3.51. The van der Waals surface area contributed by atoms with Crippen LogP contribution in [0.15, 0.2) is 57.6 Å². The second-order valence-electron chi connectivity index (χ2n) is 5.93. The average Bonchev–Trinajstić information content (AvgIpc) is 3.50. The minimum Gasteiger partial charge on any atom is -0.459 e. The number of thioether (sulfide) groups is 1. The number of thiazole rings is 1. The average molecular weight is 441 g/mol. The van der Waals surface area contributed by atoms with Gasteiger partial charge in [0, 0.05) is 11.1 Å². The maximum absolute atomic E-state index is 12.4. The molecule has 0 unspecified atom stereocenters. The minimum absolute atomic E-state index is 0.0678. The van der Waals surface area contributed by atoms with E-state index in [-0.39, 0.29) is 18.1 Å². The van der Waals surface area contributed by atoms with Crippen molar-refractivity contribution in [2.45, 2.75) is 11.6 Å². The lowest BCUT2D eigenvalue weighted by molar-refractivity contribution is -0.115. The van der Waals surface area contributed by atoms with Gasteiger partial charge < -0.3 is 9.73 Å². The molecule has 0 spiro atoms. The van der Waals surface area contributed by atoms with Gasteiger partial charge in [0.2, 0.25) is 11.1 Å². The number of anilines is 2. The molecule has 2 N–H and O–H groups in total. The van der Waals surface area contributed by atoms with Gasteiger partial charge in [-0.25, -0.2) is 4.98 Å². The largest absolute Gasteiger partial charge is 0.459 e. The maximum atomic E-state index is 12.4. The molecule has 0 bridgehead atoms. The quantitative estimate of drug-likeness (QED) is 0.419. The topological polar surface area (TPSA) is 128 Å². The molecule has 30 heavy (non-hydrogen) atoms. The van der Waals surface area contributed by atoms with Crippen LogP contribution in [0.25, 0.3) is 5.69 Å². The first-order valence-electron chi connectivity index (χ1n) is 8.64. The first-order chi connectivity index (χ1) is 14.6. The maximum Gasteiger partial charge on any atom is 0.293 e. The van der Waals surface area contributed by atoms with E-state index in [1.54, 1.807) is 34.3 Å². The van der Waals surface area contributed by atoms with Gasteiger partial charge in [0.25, 0.3) is 5.91 Å². The van der Waals surface area contributed by atoms with Crippen molar-refractivity contribution in [3.8, 4) is 5.69 Å². The number of tetrazole rings is 1. The Balaban J connectivity index is 1.38. The first-order valence-corrected chi connectivity index (χ1v) is 10.7. The molecule has 3 aromatic heterocycles. The van der Waals surface area contributed by atoms with E-state index in [0.717, 1.165) is 5.69 Å². The summed E-state index contributed by atoms with van der Waals surface area (Å²) in [7, 11) is 0. The molecular formula is C18H15N7O3S2. The number of rotatable bonds is 7. The summed E-state index contributed by atoms with van der Waals surface area (Å²) in [5.41, 5.74) is 1.90. The zero-order valence-corrected chi connectivity index (χ0v) is 17.2. The van der Waals surface area contributed by atoms with Crippen LogP contribution in [0.3, 0.4) is 0 Å². The molecular weight excluding hydrogens is 426 g/mol. The summed E-state index contributed by atoms with van der Waals surface area (Å²) in [6, 6.07) is 10.4. The normalized spacial score (nSPS) is 10.7. The van der Waals surface area contributed by atoms with Crippen LogP contribution < -0.4 is 10.6 Å². The predicted octanol–water partition coefficient (Wildman–Crippen LogP) is 2.87. The first kappa shape index (κ1) is 19.8. The second kappa shape index (κ2) is 8.88. The van der Waals surface area contributed by atoms with Gasteiger partial charge in [-0.2, -0.15) is 4.68 Å². The lowest BCUT2D eigenvalue weighted by Crippen LogP contribution is -2.15. The molecule has 0 saturated carbocycles. The van der Waals surface area contributed by atoms with Crippen molar-refractivity contribution in [3.63, 3.8) is 0 Å². The monoisotopic (exact) mass is 441 g/mol. The molecule has 1 aromatic carbocycles. The number of furan rings is 1. The van der Waals surface area contributed by atoms with Crippen LogP contribution in [0.5, 0.6) is 0 Å². The van der Waals surface area contributed by atoms with Gasteiger partial charge in [0.15, 0.2) is 10.9 Å². The van der Waals surface area contributed by atoms with Crippen LogP contribution in [0.4, 0.5) is 10.8 Å². The van der Waals surface area contributed by atoms with Gasteiger partial charge in [-0.3, -0.25) is 14.9 Å². The summed E-state index contributed by atoms with van der Waals surface area (Å²) in [6.45, 7) is 0. The SMILES string of the molecule is CSc1nnnn1-c1cccc(NC(=O)Cc2csc(NC(=O)c3ccco3)n2)c1. The van der Waals surface area contributed by atoms with Gasteiger partial charge in [-0.1, -0.05) is 17.8 Å². The summed E-state index contributed by atoms with van der Waals surface area (Å²) in [5, 5.41) is 19.8. The Morgan fingerprint density at radius 2 is 2.13 bits per heavy atom. The van der Waals surface area contributed by atoms with E-state index in [9.17, 15) is 9.59 Å². The molecule has 0 atom stereocenters. The van der Waals surface area contributed by atoms with Crippen molar-refractivity contribution in [2.75, 3.05) is 16.9 Å². The van der Waals surface area contributed by atoms with Gasteiger partial charge in [0.1, 0.15) is 0 Å². The van der Waals surface area contributed by atoms with Crippen molar-refractivity contribution in [3.05, 3.63) is 59.5 Å². The number of amides is 2. The van der Waals surface area contributed by atoms with E-state index in [0.29, 0.717) is 21.7 Å². The van der Waals surface area contributed by atoms with Gasteiger partial charge in [0.05, 0.1) is 24.1 Å². The fourth-order valence-electron chi connectivity index (χ4n) is 2.57. The summed E-state index contributed by atoms with van der Waals surface area (Å²) in [6.07, 6.45) is 3.37. The highest BCUT2D eigenvalue weighted by Crippen LogP contribution is 2.20. The van der Waals surface area contributed by atoms with E-state index < -0.39 is 5.91 Å². The van der Waals surface area contributed by atoms with Crippen molar-refractivity contribution < 1.29 is 14.0 Å². The fourth-order valence-corrected chi connectivity index (χ4v) is 3.70. The third-order valence-corrected chi connectivity index (χ3v) is 5.28. The van der Waals surface area contributed by atoms with Crippen LogP contribution >= 0.6 is 23.1 Å². The summed E-state index contributed by atoms with van der Waals surface area (Å²) < 4.78 is 6.63. The number of hydrogen-bond acceptors (Lipinski definition) is 9. The molecule has 0 aliphatic rings. The van der Waals surface area contributed by atoms with E-state index in [1.807, 2.05) is 18.4 Å². The predicted molar refractivity (Wildman–Crippen MR) is 112 cm³/mol. The highest BCUT2D eigenvalue weighted by molar-refractivity contribution is 7.98. The number of hydrogen-bond donors (Lipinski definition) is 2. The molecule has 0 saturated heterocycles. The van der Waals surface area contributed by atoms with Crippen LogP contribution in [0.2, 0.25) is 0 Å². The lowest BCUT2D eigenvalue weighted by atomic mass is 10.2. The number of aromatic nitrogens is 5. The van der Waals surface area contributed by atoms with E-state index >= 15 is 0 Å². The van der Waals surface area contributed by atoms with Gasteiger partial charge >= 0.3 is 0 Å². The van der Waals surface area contributed by atoms with E-state index in [4.69, 9.17) is 4.42 Å². The minimum atomic E-state index is -0.394. The lowest BCUT2D eigenvalue weighted by Gasteiger charge is -2.07. The van der Waals surface area contributed by atoms with Crippen LogP contribution in [0.1, 0.15) is 16.2 Å². The van der Waals surface area contributed by atoms with Crippen molar-refractivity contribution >= 4 is 45.7 Å². The van der Waals surface area contributed by atoms with E-state index in [2.05, 4.69) is 31.1 Å². The highest BCUT2D eigenvalue weighted by atomic mass is 32.2. The van der Waals surface area contributed by atoms with Gasteiger partial charge in [-0.05, 0) is 47.0 Å². The molecule has 10 nitrogen and oxygen atoms in total. The van der Waals surface area contributed by atoms with Crippen LogP contribution in [0, 0.1) is 0 Å². The molecule has 12 heteroatoms. The van der Waals surface area contributed by atoms with Gasteiger partial charge in [-0.15, -0.1) is 16.4 Å². The Morgan fingerprint density at radius 1 is 1.23 bits per heavy atom. The molecule has 0 aliphatic carbocycles. The smallest absolute Gasteiger partial charge is 0.293 e. The molecule has 152 valence electrons. The molecule has 2 amide bonds. The number of nitrogens with one attached hydrogen (secondary N) is 2. The Labute approximate surface area is 178 Å². The number of benzene rings is 1. The summed E-state index contributed by atoms with van der Waals surface area (Å²) in [5.74, 6) is -0.436. The zero-order valence-electron chi connectivity index (χ0n) is 15.6.